The summed E-state index contributed by atoms with van der Waals surface area (Å²) in [7, 11) is 0. The van der Waals surface area contributed by atoms with Gasteiger partial charge in [-0.25, -0.2) is 19.3 Å². The van der Waals surface area contributed by atoms with Crippen LogP contribution in [0.4, 0.5) is 0 Å². The molecule has 0 unspecified atom stereocenters. The van der Waals surface area contributed by atoms with Gasteiger partial charge in [0.05, 0.1) is 18.2 Å². The number of hydrogen-bond acceptors (Lipinski definition) is 7. The molecule has 4 aromatic rings. The van der Waals surface area contributed by atoms with E-state index in [-0.39, 0.29) is 5.97 Å². The second-order valence-electron chi connectivity index (χ2n) is 5.71. The fourth-order valence-corrected chi connectivity index (χ4v) is 3.77. The van der Waals surface area contributed by atoms with Gasteiger partial charge in [-0.05, 0) is 31.9 Å². The third kappa shape index (κ3) is 2.66. The zero-order valence-corrected chi connectivity index (χ0v) is 14.9. The minimum Gasteiger partial charge on any atom is -0.462 e. The number of fused-ring (bicyclic) bond motifs is 3. The number of rotatable bonds is 4. The van der Waals surface area contributed by atoms with E-state index in [0.717, 1.165) is 21.3 Å². The molecular formula is C16H16N6O2S. The smallest absolute Gasteiger partial charge is 0.348 e. The highest BCUT2D eigenvalue weighted by atomic mass is 32.1. The number of thiophene rings is 1. The maximum Gasteiger partial charge on any atom is 0.348 e. The predicted octanol–water partition coefficient (Wildman–Crippen LogP) is 2.38. The van der Waals surface area contributed by atoms with Crippen LogP contribution in [0.3, 0.4) is 0 Å². The first-order valence-corrected chi connectivity index (χ1v) is 8.68. The summed E-state index contributed by atoms with van der Waals surface area (Å²) >= 11 is 1.32. The van der Waals surface area contributed by atoms with Crippen molar-refractivity contribution in [2.75, 3.05) is 6.61 Å². The Morgan fingerprint density at radius 1 is 1.36 bits per heavy atom. The lowest BCUT2D eigenvalue weighted by atomic mass is 10.2. The van der Waals surface area contributed by atoms with Crippen LogP contribution < -0.4 is 0 Å². The molecule has 0 bridgehead atoms. The summed E-state index contributed by atoms with van der Waals surface area (Å²) in [6.07, 6.45) is 5.35. The van der Waals surface area contributed by atoms with Crippen molar-refractivity contribution in [1.82, 2.24) is 29.4 Å². The molecule has 0 aliphatic carbocycles. The number of hydrogen-bond donors (Lipinski definition) is 0. The molecule has 0 aliphatic rings. The largest absolute Gasteiger partial charge is 0.462 e. The van der Waals surface area contributed by atoms with Crippen LogP contribution in [0.2, 0.25) is 0 Å². The van der Waals surface area contributed by atoms with Crippen LogP contribution in [0, 0.1) is 13.8 Å². The summed E-state index contributed by atoms with van der Waals surface area (Å²) in [4.78, 5) is 22.5. The molecule has 25 heavy (non-hydrogen) atoms. The van der Waals surface area contributed by atoms with E-state index < -0.39 is 0 Å². The van der Waals surface area contributed by atoms with Crippen LogP contribution in [0.15, 0.2) is 18.7 Å². The average molecular weight is 356 g/mol. The Kier molecular flexibility index (Phi) is 3.72. The van der Waals surface area contributed by atoms with E-state index >= 15 is 0 Å². The molecule has 0 radical (unpaired) electrons. The van der Waals surface area contributed by atoms with Gasteiger partial charge >= 0.3 is 5.97 Å². The first-order chi connectivity index (χ1) is 12.1. The van der Waals surface area contributed by atoms with E-state index in [9.17, 15) is 4.79 Å². The van der Waals surface area contributed by atoms with Gasteiger partial charge in [-0.15, -0.1) is 16.4 Å². The highest BCUT2D eigenvalue weighted by molar-refractivity contribution is 7.20. The van der Waals surface area contributed by atoms with E-state index in [4.69, 9.17) is 4.74 Å². The van der Waals surface area contributed by atoms with Crippen molar-refractivity contribution >= 4 is 33.2 Å². The Labute approximate surface area is 147 Å². The van der Waals surface area contributed by atoms with Crippen molar-refractivity contribution in [3.05, 3.63) is 40.5 Å². The molecular weight excluding hydrogens is 340 g/mol. The van der Waals surface area contributed by atoms with Crippen molar-refractivity contribution in [2.45, 2.75) is 27.3 Å². The van der Waals surface area contributed by atoms with Crippen LogP contribution in [0.25, 0.3) is 15.9 Å². The van der Waals surface area contributed by atoms with Crippen LogP contribution in [-0.4, -0.2) is 41.9 Å². The summed E-state index contributed by atoms with van der Waals surface area (Å²) in [6, 6.07) is 0. The van der Waals surface area contributed by atoms with E-state index in [1.807, 2.05) is 20.0 Å². The molecule has 4 aromatic heterocycles. The maximum atomic E-state index is 12.1. The van der Waals surface area contributed by atoms with Gasteiger partial charge in [0, 0.05) is 6.20 Å². The minimum atomic E-state index is -0.326. The average Bonchev–Trinajstić information content (AvgIpc) is 3.25. The second-order valence-corrected chi connectivity index (χ2v) is 6.71. The van der Waals surface area contributed by atoms with Crippen molar-refractivity contribution in [1.29, 1.82) is 0 Å². The monoisotopic (exact) mass is 356 g/mol. The molecule has 0 amide bonds. The molecule has 0 atom stereocenters. The molecule has 0 spiro atoms. The number of aromatic nitrogens is 6. The number of carbonyl (C=O) groups is 1. The molecule has 128 valence electrons. The lowest BCUT2D eigenvalue weighted by Gasteiger charge is -1.99. The van der Waals surface area contributed by atoms with Crippen molar-refractivity contribution < 1.29 is 9.53 Å². The van der Waals surface area contributed by atoms with E-state index in [1.54, 1.807) is 28.6 Å². The fourth-order valence-electron chi connectivity index (χ4n) is 2.73. The third-order valence-corrected chi connectivity index (χ3v) is 5.02. The molecule has 0 N–H and O–H groups in total. The number of nitrogens with zero attached hydrogens (tertiary/aromatic N) is 6. The molecule has 9 heteroatoms. The maximum absolute atomic E-state index is 12.1. The Bertz CT molecular complexity index is 1090. The van der Waals surface area contributed by atoms with Crippen LogP contribution >= 0.6 is 11.3 Å². The summed E-state index contributed by atoms with van der Waals surface area (Å²) in [5.41, 5.74) is 2.60. The highest BCUT2D eigenvalue weighted by Crippen LogP contribution is 2.32. The van der Waals surface area contributed by atoms with Crippen molar-refractivity contribution in [2.24, 2.45) is 0 Å². The van der Waals surface area contributed by atoms with Gasteiger partial charge in [-0.3, -0.25) is 4.68 Å². The van der Waals surface area contributed by atoms with Gasteiger partial charge in [-0.2, -0.15) is 5.10 Å². The van der Waals surface area contributed by atoms with Crippen molar-refractivity contribution in [3.63, 3.8) is 0 Å². The Hall–Kier alpha value is -2.81. The standard InChI is InChI=1S/C16H16N6O2S/c1-4-24-16(23)13-10(3)12-14-19-11(7-21-6-9(2)5-18-21)20-22(14)8-17-15(12)25-13/h5-6,8H,4,7H2,1-3H3. The van der Waals surface area contributed by atoms with Crippen LogP contribution in [0.1, 0.15) is 33.5 Å². The van der Waals surface area contributed by atoms with E-state index in [2.05, 4.69) is 20.2 Å². The molecule has 4 rings (SSSR count). The van der Waals surface area contributed by atoms with Crippen LogP contribution in [-0.2, 0) is 11.3 Å². The lowest BCUT2D eigenvalue weighted by Crippen LogP contribution is -2.03. The summed E-state index contributed by atoms with van der Waals surface area (Å²) in [5, 5.41) is 9.57. The van der Waals surface area contributed by atoms with Gasteiger partial charge < -0.3 is 4.74 Å². The summed E-state index contributed by atoms with van der Waals surface area (Å²) in [5.74, 6) is 0.314. The molecule has 0 saturated heterocycles. The predicted molar refractivity (Wildman–Crippen MR) is 92.9 cm³/mol. The zero-order chi connectivity index (χ0) is 17.6. The lowest BCUT2D eigenvalue weighted by molar-refractivity contribution is 0.0531. The van der Waals surface area contributed by atoms with E-state index in [0.29, 0.717) is 29.5 Å². The summed E-state index contributed by atoms with van der Waals surface area (Å²) in [6.45, 7) is 6.48. The van der Waals surface area contributed by atoms with Gasteiger partial charge in [0.1, 0.15) is 22.6 Å². The first kappa shape index (κ1) is 15.7. The molecule has 8 nitrogen and oxygen atoms in total. The topological polar surface area (TPSA) is 87.2 Å². The van der Waals surface area contributed by atoms with Crippen molar-refractivity contribution in [3.8, 4) is 0 Å². The quantitative estimate of drug-likeness (QED) is 0.522. The zero-order valence-electron chi connectivity index (χ0n) is 14.1. The van der Waals surface area contributed by atoms with Crippen LogP contribution in [0.5, 0.6) is 0 Å². The number of carbonyl (C=O) groups excluding carboxylic acids is 1. The first-order valence-electron chi connectivity index (χ1n) is 7.86. The van der Waals surface area contributed by atoms with Gasteiger partial charge in [-0.1, -0.05) is 0 Å². The summed E-state index contributed by atoms with van der Waals surface area (Å²) < 4.78 is 8.56. The third-order valence-electron chi connectivity index (χ3n) is 3.84. The number of ether oxygens (including phenoxy) is 1. The molecule has 0 aromatic carbocycles. The van der Waals surface area contributed by atoms with E-state index in [1.165, 1.54) is 11.3 Å². The molecule has 0 aliphatic heterocycles. The number of esters is 1. The second kappa shape index (κ2) is 5.92. The van der Waals surface area contributed by atoms with Gasteiger partial charge in [0.25, 0.3) is 0 Å². The molecule has 0 saturated carbocycles. The highest BCUT2D eigenvalue weighted by Gasteiger charge is 2.21. The normalized spacial score (nSPS) is 11.5. The Balaban J connectivity index is 1.81. The minimum absolute atomic E-state index is 0.326. The Morgan fingerprint density at radius 2 is 2.20 bits per heavy atom. The SMILES string of the molecule is CCOC(=O)c1sc2ncn3nc(Cn4cc(C)cn4)nc3c2c1C. The van der Waals surface area contributed by atoms with Gasteiger partial charge in [0.15, 0.2) is 11.5 Å². The number of aryl methyl sites for hydroxylation is 2. The Morgan fingerprint density at radius 3 is 2.92 bits per heavy atom. The molecule has 4 heterocycles. The van der Waals surface area contributed by atoms with Gasteiger partial charge in [0.2, 0.25) is 0 Å². The molecule has 0 fully saturated rings. The fraction of sp³-hybridized carbons (Fsp3) is 0.312.